The van der Waals surface area contributed by atoms with Gasteiger partial charge >= 0.3 is 0 Å². The van der Waals surface area contributed by atoms with Crippen LogP contribution in [0.25, 0.3) is 0 Å². The molecule has 0 amide bonds. The summed E-state index contributed by atoms with van der Waals surface area (Å²) in [4.78, 5) is 12.7. The zero-order valence-electron chi connectivity index (χ0n) is 10.6. The predicted molar refractivity (Wildman–Crippen MR) is 70.6 cm³/mol. The Balaban J connectivity index is 1.91. The van der Waals surface area contributed by atoms with Crippen LogP contribution in [0.1, 0.15) is 49.6 Å². The molecule has 0 spiro atoms. The average Bonchev–Trinajstić information content (AvgIpc) is 3.01. The van der Waals surface area contributed by atoms with Crippen molar-refractivity contribution in [3.05, 3.63) is 16.4 Å². The normalized spacial score (nSPS) is 30.3. The first-order valence-corrected chi connectivity index (χ1v) is 7.30. The molecule has 3 rings (SSSR count). The third kappa shape index (κ3) is 1.84. The Bertz CT molecular complexity index is 483. The fraction of sp³-hybridized carbons (Fsp3) is 0.692. The van der Waals surface area contributed by atoms with Gasteiger partial charge in [-0.25, -0.2) is 0 Å². The Morgan fingerprint density at radius 3 is 2.89 bits per heavy atom. The van der Waals surface area contributed by atoms with E-state index in [9.17, 15) is 4.79 Å². The van der Waals surface area contributed by atoms with E-state index in [1.807, 2.05) is 13.8 Å². The molecule has 18 heavy (non-hydrogen) atoms. The van der Waals surface area contributed by atoms with Gasteiger partial charge in [-0.1, -0.05) is 0 Å². The average molecular weight is 313 g/mol. The monoisotopic (exact) mass is 312 g/mol. The van der Waals surface area contributed by atoms with Crippen LogP contribution in [0.3, 0.4) is 0 Å². The summed E-state index contributed by atoms with van der Waals surface area (Å²) in [5.74, 6) is 0.203. The minimum absolute atomic E-state index is 0.0225. The quantitative estimate of drug-likeness (QED) is 0.806. The maximum Gasteiger partial charge on any atom is 0.187 e. The molecule has 4 nitrogen and oxygen atoms in total. The van der Waals surface area contributed by atoms with E-state index in [-0.39, 0.29) is 23.8 Å². The summed E-state index contributed by atoms with van der Waals surface area (Å²) in [7, 11) is 0. The molecule has 0 radical (unpaired) electrons. The number of aromatic nitrogens is 2. The maximum atomic E-state index is 12.7. The third-order valence-corrected chi connectivity index (χ3v) is 4.50. The molecule has 2 saturated heterocycles. The smallest absolute Gasteiger partial charge is 0.187 e. The molecule has 2 aliphatic heterocycles. The van der Waals surface area contributed by atoms with E-state index < -0.39 is 0 Å². The van der Waals surface area contributed by atoms with E-state index in [1.165, 1.54) is 0 Å². The molecule has 3 unspecified atom stereocenters. The molecule has 0 N–H and O–H groups in total. The van der Waals surface area contributed by atoms with Gasteiger partial charge in [0, 0.05) is 6.04 Å². The molecule has 98 valence electrons. The SMILES string of the molecule is CC(C)n1ncc(Br)c1C(=O)C1CC2CCC1O2. The number of halogens is 1. The first-order chi connectivity index (χ1) is 8.58. The lowest BCUT2D eigenvalue weighted by Gasteiger charge is -2.19. The Morgan fingerprint density at radius 1 is 1.56 bits per heavy atom. The molecule has 3 heterocycles. The van der Waals surface area contributed by atoms with Crippen molar-refractivity contribution < 1.29 is 9.53 Å². The number of ketones is 1. The van der Waals surface area contributed by atoms with Crippen molar-refractivity contribution >= 4 is 21.7 Å². The van der Waals surface area contributed by atoms with Crippen molar-refractivity contribution in [1.29, 1.82) is 0 Å². The van der Waals surface area contributed by atoms with Gasteiger partial charge in [0.2, 0.25) is 0 Å². The van der Waals surface area contributed by atoms with E-state index in [0.29, 0.717) is 11.8 Å². The molecule has 0 aromatic carbocycles. The van der Waals surface area contributed by atoms with Crippen LogP contribution < -0.4 is 0 Å². The Labute approximate surface area is 115 Å². The highest BCUT2D eigenvalue weighted by atomic mass is 79.9. The highest BCUT2D eigenvalue weighted by Crippen LogP contribution is 2.41. The van der Waals surface area contributed by atoms with Gasteiger partial charge in [0.15, 0.2) is 5.78 Å². The summed E-state index contributed by atoms with van der Waals surface area (Å²) >= 11 is 3.44. The number of hydrogen-bond acceptors (Lipinski definition) is 3. The molecule has 2 bridgehead atoms. The van der Waals surface area contributed by atoms with Gasteiger partial charge in [-0.3, -0.25) is 9.48 Å². The highest BCUT2D eigenvalue weighted by Gasteiger charge is 2.45. The fourth-order valence-corrected chi connectivity index (χ4v) is 3.52. The van der Waals surface area contributed by atoms with Crippen LogP contribution in [0.5, 0.6) is 0 Å². The van der Waals surface area contributed by atoms with E-state index >= 15 is 0 Å². The largest absolute Gasteiger partial charge is 0.374 e. The summed E-state index contributed by atoms with van der Waals surface area (Å²) in [6.07, 6.45) is 5.15. The third-order valence-electron chi connectivity index (χ3n) is 3.92. The zero-order chi connectivity index (χ0) is 12.9. The molecule has 5 heteroatoms. The minimum Gasteiger partial charge on any atom is -0.374 e. The number of ether oxygens (including phenoxy) is 1. The molecule has 0 aliphatic carbocycles. The van der Waals surface area contributed by atoms with Crippen LogP contribution in [-0.4, -0.2) is 27.8 Å². The molecule has 3 atom stereocenters. The summed E-state index contributed by atoms with van der Waals surface area (Å²) < 4.78 is 8.38. The lowest BCUT2D eigenvalue weighted by molar-refractivity contribution is 0.0733. The van der Waals surface area contributed by atoms with Gasteiger partial charge in [-0.05, 0) is 49.0 Å². The first-order valence-electron chi connectivity index (χ1n) is 6.50. The highest BCUT2D eigenvalue weighted by molar-refractivity contribution is 9.10. The predicted octanol–water partition coefficient (Wildman–Crippen LogP) is 2.98. The molecule has 1 aromatic heterocycles. The van der Waals surface area contributed by atoms with Crippen LogP contribution >= 0.6 is 15.9 Å². The van der Waals surface area contributed by atoms with Crippen LogP contribution in [0.4, 0.5) is 0 Å². The van der Waals surface area contributed by atoms with E-state index in [0.717, 1.165) is 23.7 Å². The zero-order valence-corrected chi connectivity index (χ0v) is 12.2. The minimum atomic E-state index is 0.0225. The molecule has 2 fully saturated rings. The Kier molecular flexibility index (Phi) is 3.06. The topological polar surface area (TPSA) is 44.1 Å². The number of nitrogens with zero attached hydrogens (tertiary/aromatic N) is 2. The van der Waals surface area contributed by atoms with Crippen molar-refractivity contribution in [2.24, 2.45) is 5.92 Å². The van der Waals surface area contributed by atoms with Gasteiger partial charge in [-0.2, -0.15) is 5.10 Å². The molecular formula is C13H17BrN2O2. The standard InChI is InChI=1S/C13H17BrN2O2/c1-7(2)16-12(10(14)6-15-16)13(17)9-5-8-3-4-11(9)18-8/h6-9,11H,3-5H2,1-2H3. The lowest BCUT2D eigenvalue weighted by Crippen LogP contribution is -2.28. The second-order valence-corrected chi connectivity index (χ2v) is 6.31. The van der Waals surface area contributed by atoms with Gasteiger partial charge in [0.25, 0.3) is 0 Å². The number of hydrogen-bond donors (Lipinski definition) is 0. The van der Waals surface area contributed by atoms with Crippen LogP contribution in [0.15, 0.2) is 10.7 Å². The first kappa shape index (κ1) is 12.4. The van der Waals surface area contributed by atoms with Crippen LogP contribution in [0, 0.1) is 5.92 Å². The molecule has 1 aromatic rings. The fourth-order valence-electron chi connectivity index (χ4n) is 3.05. The van der Waals surface area contributed by atoms with Gasteiger partial charge in [0.05, 0.1) is 28.8 Å². The van der Waals surface area contributed by atoms with E-state index in [2.05, 4.69) is 21.0 Å². The second kappa shape index (κ2) is 4.46. The van der Waals surface area contributed by atoms with E-state index in [1.54, 1.807) is 10.9 Å². The van der Waals surface area contributed by atoms with Gasteiger partial charge in [0.1, 0.15) is 5.69 Å². The van der Waals surface area contributed by atoms with Gasteiger partial charge < -0.3 is 4.74 Å². The van der Waals surface area contributed by atoms with Crippen molar-refractivity contribution in [3.63, 3.8) is 0 Å². The van der Waals surface area contributed by atoms with Crippen molar-refractivity contribution in [3.8, 4) is 0 Å². The number of rotatable bonds is 3. The molecule has 2 aliphatic rings. The number of Topliss-reactive ketones (excluding diaryl/α,β-unsaturated/α-hetero) is 1. The van der Waals surface area contributed by atoms with Crippen LogP contribution in [0.2, 0.25) is 0 Å². The number of carbonyl (C=O) groups is 1. The van der Waals surface area contributed by atoms with Crippen molar-refractivity contribution in [2.45, 2.75) is 51.4 Å². The van der Waals surface area contributed by atoms with Crippen molar-refractivity contribution in [1.82, 2.24) is 9.78 Å². The lowest BCUT2D eigenvalue weighted by atomic mass is 9.85. The number of fused-ring (bicyclic) bond motifs is 2. The summed E-state index contributed by atoms with van der Waals surface area (Å²) in [6.45, 7) is 4.07. The summed E-state index contributed by atoms with van der Waals surface area (Å²) in [6, 6.07) is 0.190. The number of carbonyl (C=O) groups excluding carboxylic acids is 1. The van der Waals surface area contributed by atoms with Crippen molar-refractivity contribution in [2.75, 3.05) is 0 Å². The van der Waals surface area contributed by atoms with E-state index in [4.69, 9.17) is 4.74 Å². The Morgan fingerprint density at radius 2 is 2.33 bits per heavy atom. The second-order valence-electron chi connectivity index (χ2n) is 5.46. The summed E-state index contributed by atoms with van der Waals surface area (Å²) in [5, 5.41) is 4.28. The van der Waals surface area contributed by atoms with Crippen LogP contribution in [-0.2, 0) is 4.74 Å². The maximum absolute atomic E-state index is 12.7. The van der Waals surface area contributed by atoms with Gasteiger partial charge in [-0.15, -0.1) is 0 Å². The molecule has 0 saturated carbocycles. The Hall–Kier alpha value is -0.680. The molecular weight excluding hydrogens is 296 g/mol. The summed E-state index contributed by atoms with van der Waals surface area (Å²) in [5.41, 5.74) is 0.700.